The highest BCUT2D eigenvalue weighted by atomic mass is 19.1. The van der Waals surface area contributed by atoms with E-state index in [1.54, 1.807) is 12.1 Å². The maximum absolute atomic E-state index is 12.7. The van der Waals surface area contributed by atoms with Gasteiger partial charge in [0, 0.05) is 12.3 Å². The van der Waals surface area contributed by atoms with Crippen molar-refractivity contribution in [3.63, 3.8) is 0 Å². The highest BCUT2D eigenvalue weighted by Gasteiger charge is 2.20. The molecule has 17 heavy (non-hydrogen) atoms. The lowest BCUT2D eigenvalue weighted by atomic mass is 9.84. The van der Waals surface area contributed by atoms with Crippen LogP contribution in [0.5, 0.6) is 0 Å². The summed E-state index contributed by atoms with van der Waals surface area (Å²) in [6.07, 6.45) is 7.18. The molecule has 0 saturated heterocycles. The third kappa shape index (κ3) is 3.65. The quantitative estimate of drug-likeness (QED) is 0.772. The molecule has 1 aliphatic rings. The molecule has 0 heterocycles. The van der Waals surface area contributed by atoms with Gasteiger partial charge in [0.15, 0.2) is 0 Å². The molecule has 2 heteroatoms. The summed E-state index contributed by atoms with van der Waals surface area (Å²) in [5, 5.41) is 0. The second kappa shape index (κ2) is 5.95. The largest absolute Gasteiger partial charge is 0.299 e. The third-order valence-electron chi connectivity index (χ3n) is 3.63. The van der Waals surface area contributed by atoms with Gasteiger partial charge in [0.1, 0.15) is 11.6 Å². The van der Waals surface area contributed by atoms with Crippen LogP contribution in [0, 0.1) is 11.7 Å². The molecule has 0 amide bonds. The van der Waals surface area contributed by atoms with Crippen molar-refractivity contribution in [1.29, 1.82) is 0 Å². The normalized spacial score (nSPS) is 17.0. The average molecular weight is 234 g/mol. The van der Waals surface area contributed by atoms with Crippen molar-refractivity contribution in [2.75, 3.05) is 0 Å². The lowest BCUT2D eigenvalue weighted by molar-refractivity contribution is -0.123. The van der Waals surface area contributed by atoms with Gasteiger partial charge >= 0.3 is 0 Å². The van der Waals surface area contributed by atoms with Crippen LogP contribution in [0.25, 0.3) is 0 Å². The van der Waals surface area contributed by atoms with Crippen LogP contribution in [0.15, 0.2) is 24.3 Å². The number of carbonyl (C=O) groups excluding carboxylic acids is 1. The molecule has 1 aromatic rings. The van der Waals surface area contributed by atoms with Gasteiger partial charge in [-0.2, -0.15) is 0 Å². The SMILES string of the molecule is O=C(CCc1ccc(F)cc1)C1CCCCC1. The van der Waals surface area contributed by atoms with Gasteiger partial charge < -0.3 is 0 Å². The van der Waals surface area contributed by atoms with Gasteiger partial charge in [0.05, 0.1) is 0 Å². The van der Waals surface area contributed by atoms with Crippen molar-refractivity contribution in [2.45, 2.75) is 44.9 Å². The Bertz CT molecular complexity index is 363. The Morgan fingerprint density at radius 2 is 1.76 bits per heavy atom. The monoisotopic (exact) mass is 234 g/mol. The highest BCUT2D eigenvalue weighted by molar-refractivity contribution is 5.81. The molecular formula is C15H19FO. The Kier molecular flexibility index (Phi) is 4.29. The van der Waals surface area contributed by atoms with Gasteiger partial charge in [0.2, 0.25) is 0 Å². The molecule has 0 unspecified atom stereocenters. The number of hydrogen-bond donors (Lipinski definition) is 0. The van der Waals surface area contributed by atoms with Crippen LogP contribution in [0.1, 0.15) is 44.1 Å². The molecule has 0 N–H and O–H groups in total. The van der Waals surface area contributed by atoms with E-state index in [2.05, 4.69) is 0 Å². The molecule has 0 radical (unpaired) electrons. The van der Waals surface area contributed by atoms with Crippen molar-refractivity contribution in [3.05, 3.63) is 35.6 Å². The summed E-state index contributed by atoms with van der Waals surface area (Å²) in [4.78, 5) is 12.0. The molecule has 2 rings (SSSR count). The Morgan fingerprint density at radius 1 is 1.12 bits per heavy atom. The molecular weight excluding hydrogens is 215 g/mol. The number of ketones is 1. The number of rotatable bonds is 4. The number of carbonyl (C=O) groups is 1. The zero-order valence-electron chi connectivity index (χ0n) is 10.1. The minimum absolute atomic E-state index is 0.215. The van der Waals surface area contributed by atoms with Crippen LogP contribution in [0.3, 0.4) is 0 Å². The Balaban J connectivity index is 1.81. The molecule has 0 aliphatic heterocycles. The van der Waals surface area contributed by atoms with Crippen molar-refractivity contribution < 1.29 is 9.18 Å². The van der Waals surface area contributed by atoms with E-state index in [0.29, 0.717) is 18.1 Å². The van der Waals surface area contributed by atoms with E-state index in [0.717, 1.165) is 24.8 Å². The van der Waals surface area contributed by atoms with Gasteiger partial charge in [-0.25, -0.2) is 4.39 Å². The first-order valence-electron chi connectivity index (χ1n) is 6.53. The molecule has 1 fully saturated rings. The first-order chi connectivity index (χ1) is 8.25. The molecule has 92 valence electrons. The maximum atomic E-state index is 12.7. The molecule has 1 aromatic carbocycles. The second-order valence-corrected chi connectivity index (χ2v) is 4.93. The lowest BCUT2D eigenvalue weighted by Gasteiger charge is -2.20. The fourth-order valence-electron chi connectivity index (χ4n) is 2.55. The van der Waals surface area contributed by atoms with Crippen LogP contribution in [-0.2, 0) is 11.2 Å². The second-order valence-electron chi connectivity index (χ2n) is 4.93. The fraction of sp³-hybridized carbons (Fsp3) is 0.533. The maximum Gasteiger partial charge on any atom is 0.136 e. The Morgan fingerprint density at radius 3 is 2.41 bits per heavy atom. The Hall–Kier alpha value is -1.18. The van der Waals surface area contributed by atoms with E-state index in [4.69, 9.17) is 0 Å². The van der Waals surface area contributed by atoms with Gasteiger partial charge in [-0.3, -0.25) is 4.79 Å². The van der Waals surface area contributed by atoms with Gasteiger partial charge in [-0.15, -0.1) is 0 Å². The summed E-state index contributed by atoms with van der Waals surface area (Å²) < 4.78 is 12.7. The van der Waals surface area contributed by atoms with E-state index >= 15 is 0 Å². The van der Waals surface area contributed by atoms with E-state index in [-0.39, 0.29) is 5.82 Å². The molecule has 0 aromatic heterocycles. The van der Waals surface area contributed by atoms with Crippen LogP contribution in [-0.4, -0.2) is 5.78 Å². The fourth-order valence-corrected chi connectivity index (χ4v) is 2.55. The summed E-state index contributed by atoms with van der Waals surface area (Å²) in [6.45, 7) is 0. The van der Waals surface area contributed by atoms with E-state index < -0.39 is 0 Å². The summed E-state index contributed by atoms with van der Waals surface area (Å²) in [6, 6.07) is 6.45. The zero-order valence-corrected chi connectivity index (χ0v) is 10.1. The minimum Gasteiger partial charge on any atom is -0.299 e. The number of Topliss-reactive ketones (excluding diaryl/α,β-unsaturated/α-hetero) is 1. The predicted molar refractivity (Wildman–Crippen MR) is 66.3 cm³/mol. The average Bonchev–Trinajstić information content (AvgIpc) is 2.39. The van der Waals surface area contributed by atoms with Gasteiger partial charge in [-0.1, -0.05) is 31.4 Å². The zero-order chi connectivity index (χ0) is 12.1. The molecule has 1 aliphatic carbocycles. The van der Waals surface area contributed by atoms with Crippen molar-refractivity contribution in [3.8, 4) is 0 Å². The number of aryl methyl sites for hydroxylation is 1. The third-order valence-corrected chi connectivity index (χ3v) is 3.63. The van der Waals surface area contributed by atoms with Crippen molar-refractivity contribution in [1.82, 2.24) is 0 Å². The van der Waals surface area contributed by atoms with Crippen LogP contribution >= 0.6 is 0 Å². The first-order valence-corrected chi connectivity index (χ1v) is 6.53. The first kappa shape index (κ1) is 12.3. The number of hydrogen-bond acceptors (Lipinski definition) is 1. The highest BCUT2D eigenvalue weighted by Crippen LogP contribution is 2.25. The molecule has 0 atom stereocenters. The van der Waals surface area contributed by atoms with Crippen molar-refractivity contribution >= 4 is 5.78 Å². The van der Waals surface area contributed by atoms with Crippen molar-refractivity contribution in [2.24, 2.45) is 5.92 Å². The summed E-state index contributed by atoms with van der Waals surface area (Å²) in [5.74, 6) is 0.477. The molecule has 0 bridgehead atoms. The Labute approximate surface area is 102 Å². The van der Waals surface area contributed by atoms with E-state index in [1.165, 1.54) is 31.4 Å². The summed E-state index contributed by atoms with van der Waals surface area (Å²) in [7, 11) is 0. The topological polar surface area (TPSA) is 17.1 Å². The van der Waals surface area contributed by atoms with Crippen LogP contribution < -0.4 is 0 Å². The molecule has 0 spiro atoms. The van der Waals surface area contributed by atoms with E-state index in [9.17, 15) is 9.18 Å². The minimum atomic E-state index is -0.215. The van der Waals surface area contributed by atoms with Gasteiger partial charge in [-0.05, 0) is 37.0 Å². The predicted octanol–water partition coefficient (Wildman–Crippen LogP) is 3.91. The summed E-state index contributed by atoms with van der Waals surface area (Å²) in [5.41, 5.74) is 1.05. The van der Waals surface area contributed by atoms with Gasteiger partial charge in [0.25, 0.3) is 0 Å². The van der Waals surface area contributed by atoms with Crippen LogP contribution in [0.2, 0.25) is 0 Å². The smallest absolute Gasteiger partial charge is 0.136 e. The number of benzene rings is 1. The standard InChI is InChI=1S/C15H19FO/c16-14-9-6-12(7-10-14)8-11-15(17)13-4-2-1-3-5-13/h6-7,9-10,13H,1-5,8,11H2. The van der Waals surface area contributed by atoms with E-state index in [1.807, 2.05) is 0 Å². The molecule has 1 saturated carbocycles. The van der Waals surface area contributed by atoms with Crippen LogP contribution in [0.4, 0.5) is 4.39 Å². The number of halogens is 1. The lowest BCUT2D eigenvalue weighted by Crippen LogP contribution is -2.18. The molecule has 1 nitrogen and oxygen atoms in total. The summed E-state index contributed by atoms with van der Waals surface area (Å²) >= 11 is 0.